The van der Waals surface area contributed by atoms with Crippen molar-refractivity contribution in [2.75, 3.05) is 7.11 Å². The van der Waals surface area contributed by atoms with Gasteiger partial charge < -0.3 is 14.8 Å². The summed E-state index contributed by atoms with van der Waals surface area (Å²) in [7, 11) is 1.59. The van der Waals surface area contributed by atoms with Gasteiger partial charge >= 0.3 is 0 Å². The van der Waals surface area contributed by atoms with Crippen molar-refractivity contribution in [3.05, 3.63) is 88.5 Å². The molecule has 1 heterocycles. The van der Waals surface area contributed by atoms with Crippen LogP contribution in [-0.2, 0) is 19.7 Å². The third-order valence-corrected chi connectivity index (χ3v) is 4.39. The smallest absolute Gasteiger partial charge is 0.163 e. The van der Waals surface area contributed by atoms with Crippen molar-refractivity contribution < 1.29 is 13.9 Å². The van der Waals surface area contributed by atoms with E-state index in [1.54, 1.807) is 37.7 Å². The first kappa shape index (κ1) is 19.1. The Balaban J connectivity index is 1.64. The highest BCUT2D eigenvalue weighted by Crippen LogP contribution is 2.34. The van der Waals surface area contributed by atoms with Gasteiger partial charge in [0.25, 0.3) is 0 Å². The SMILES string of the molecule is COc1cc(CNCc2ccncc2)c(Cl)cc1OCc1ccc(F)cc1. The largest absolute Gasteiger partial charge is 0.493 e. The molecule has 0 bridgehead atoms. The number of benzene rings is 2. The van der Waals surface area contributed by atoms with Crippen LogP contribution in [0.2, 0.25) is 5.02 Å². The Kier molecular flexibility index (Phi) is 6.63. The highest BCUT2D eigenvalue weighted by Gasteiger charge is 2.11. The van der Waals surface area contributed by atoms with Crippen molar-refractivity contribution in [1.29, 1.82) is 0 Å². The molecule has 3 aromatic rings. The molecular weight excluding hydrogens is 367 g/mol. The Morgan fingerprint density at radius 3 is 2.41 bits per heavy atom. The van der Waals surface area contributed by atoms with Gasteiger partial charge in [0, 0.05) is 36.6 Å². The number of pyridine rings is 1. The van der Waals surface area contributed by atoms with Gasteiger partial charge in [0.15, 0.2) is 11.5 Å². The molecule has 0 fully saturated rings. The molecule has 0 saturated carbocycles. The summed E-state index contributed by atoms with van der Waals surface area (Å²) in [5.74, 6) is 0.870. The maximum Gasteiger partial charge on any atom is 0.163 e. The fourth-order valence-electron chi connectivity index (χ4n) is 2.57. The Bertz CT molecular complexity index is 873. The van der Waals surface area contributed by atoms with Gasteiger partial charge in [-0.25, -0.2) is 4.39 Å². The maximum atomic E-state index is 13.0. The zero-order valence-corrected chi connectivity index (χ0v) is 15.7. The van der Waals surface area contributed by atoms with Gasteiger partial charge in [-0.05, 0) is 47.0 Å². The molecule has 0 spiro atoms. The molecule has 27 heavy (non-hydrogen) atoms. The third kappa shape index (κ3) is 5.42. The first-order valence-electron chi connectivity index (χ1n) is 8.49. The average molecular weight is 387 g/mol. The van der Waals surface area contributed by atoms with Crippen LogP contribution >= 0.6 is 11.6 Å². The lowest BCUT2D eigenvalue weighted by Gasteiger charge is -2.14. The minimum Gasteiger partial charge on any atom is -0.493 e. The van der Waals surface area contributed by atoms with Crippen LogP contribution in [0.4, 0.5) is 4.39 Å². The summed E-state index contributed by atoms with van der Waals surface area (Å²) in [6.07, 6.45) is 3.53. The number of aromatic nitrogens is 1. The van der Waals surface area contributed by atoms with Gasteiger partial charge in [-0.3, -0.25) is 4.98 Å². The van der Waals surface area contributed by atoms with Crippen LogP contribution in [0.15, 0.2) is 60.9 Å². The van der Waals surface area contributed by atoms with Crippen LogP contribution in [0.1, 0.15) is 16.7 Å². The molecule has 0 aliphatic carbocycles. The van der Waals surface area contributed by atoms with Crippen LogP contribution in [-0.4, -0.2) is 12.1 Å². The van der Waals surface area contributed by atoms with Crippen LogP contribution in [0.25, 0.3) is 0 Å². The molecule has 0 aliphatic heterocycles. The quantitative estimate of drug-likeness (QED) is 0.606. The predicted octanol–water partition coefficient (Wildman–Crippen LogP) is 4.75. The molecule has 1 aromatic heterocycles. The molecule has 0 aliphatic rings. The van der Waals surface area contributed by atoms with Gasteiger partial charge in [0.05, 0.1) is 7.11 Å². The van der Waals surface area contributed by atoms with E-state index < -0.39 is 0 Å². The number of rotatable bonds is 8. The van der Waals surface area contributed by atoms with Crippen LogP contribution in [0.3, 0.4) is 0 Å². The van der Waals surface area contributed by atoms with Crippen molar-refractivity contribution in [3.8, 4) is 11.5 Å². The molecule has 1 N–H and O–H groups in total. The van der Waals surface area contributed by atoms with Crippen LogP contribution in [0, 0.1) is 5.82 Å². The molecule has 2 aromatic carbocycles. The first-order chi connectivity index (χ1) is 13.2. The number of hydrogen-bond donors (Lipinski definition) is 1. The highest BCUT2D eigenvalue weighted by atomic mass is 35.5. The van der Waals surface area contributed by atoms with E-state index in [0.29, 0.717) is 36.2 Å². The predicted molar refractivity (Wildman–Crippen MR) is 104 cm³/mol. The molecule has 0 radical (unpaired) electrons. The summed E-state index contributed by atoms with van der Waals surface area (Å²) < 4.78 is 24.2. The standard InChI is InChI=1S/C21H20ClFN2O2/c1-26-20-10-17(13-25-12-15-6-8-24-9-7-15)19(22)11-21(20)27-14-16-2-4-18(23)5-3-16/h2-11,25H,12-14H2,1H3. The van der Waals surface area contributed by atoms with Gasteiger partial charge in [-0.2, -0.15) is 0 Å². The Morgan fingerprint density at radius 2 is 1.70 bits per heavy atom. The molecule has 0 atom stereocenters. The molecule has 3 rings (SSSR count). The summed E-state index contributed by atoms with van der Waals surface area (Å²) in [6.45, 7) is 1.60. The second-order valence-electron chi connectivity index (χ2n) is 5.97. The van der Waals surface area contributed by atoms with Crippen LogP contribution < -0.4 is 14.8 Å². The van der Waals surface area contributed by atoms with E-state index in [-0.39, 0.29) is 5.82 Å². The van der Waals surface area contributed by atoms with Crippen molar-refractivity contribution in [3.63, 3.8) is 0 Å². The Labute approximate surface area is 162 Å². The van der Waals surface area contributed by atoms with Crippen molar-refractivity contribution in [2.24, 2.45) is 0 Å². The minimum atomic E-state index is -0.275. The van der Waals surface area contributed by atoms with E-state index in [4.69, 9.17) is 21.1 Å². The number of methoxy groups -OCH3 is 1. The normalized spacial score (nSPS) is 10.6. The number of nitrogens with zero attached hydrogens (tertiary/aromatic N) is 1. The van der Waals surface area contributed by atoms with E-state index in [0.717, 1.165) is 16.7 Å². The van der Waals surface area contributed by atoms with Crippen molar-refractivity contribution >= 4 is 11.6 Å². The van der Waals surface area contributed by atoms with E-state index in [1.807, 2.05) is 18.2 Å². The molecule has 0 amide bonds. The number of halogens is 2. The Hall–Kier alpha value is -2.63. The number of nitrogens with one attached hydrogen (secondary N) is 1. The second kappa shape index (κ2) is 9.35. The van der Waals surface area contributed by atoms with Gasteiger partial charge in [0.2, 0.25) is 0 Å². The fourth-order valence-corrected chi connectivity index (χ4v) is 2.79. The summed E-state index contributed by atoms with van der Waals surface area (Å²) in [4.78, 5) is 4.00. The molecule has 4 nitrogen and oxygen atoms in total. The Morgan fingerprint density at radius 1 is 0.963 bits per heavy atom. The lowest BCUT2D eigenvalue weighted by molar-refractivity contribution is 0.284. The van der Waals surface area contributed by atoms with Crippen molar-refractivity contribution in [1.82, 2.24) is 10.3 Å². The third-order valence-electron chi connectivity index (χ3n) is 4.03. The lowest BCUT2D eigenvalue weighted by atomic mass is 10.2. The number of ether oxygens (including phenoxy) is 2. The summed E-state index contributed by atoms with van der Waals surface area (Å²) in [6, 6.07) is 13.7. The van der Waals surface area contributed by atoms with E-state index >= 15 is 0 Å². The molecule has 140 valence electrons. The summed E-state index contributed by atoms with van der Waals surface area (Å²) in [5, 5.41) is 3.94. The molecule has 0 unspecified atom stereocenters. The molecule has 0 saturated heterocycles. The summed E-state index contributed by atoms with van der Waals surface area (Å²) in [5.41, 5.74) is 2.92. The second-order valence-corrected chi connectivity index (χ2v) is 6.38. The van der Waals surface area contributed by atoms with Crippen molar-refractivity contribution in [2.45, 2.75) is 19.7 Å². The average Bonchev–Trinajstić information content (AvgIpc) is 2.69. The lowest BCUT2D eigenvalue weighted by Crippen LogP contribution is -2.13. The topological polar surface area (TPSA) is 43.4 Å². The van der Waals surface area contributed by atoms with Gasteiger partial charge in [-0.1, -0.05) is 23.7 Å². The number of hydrogen-bond acceptors (Lipinski definition) is 4. The van der Waals surface area contributed by atoms with Gasteiger partial charge in [0.1, 0.15) is 12.4 Å². The van der Waals surface area contributed by atoms with E-state index in [2.05, 4.69) is 10.3 Å². The zero-order valence-electron chi connectivity index (χ0n) is 14.9. The first-order valence-corrected chi connectivity index (χ1v) is 8.87. The molecule has 6 heteroatoms. The van der Waals surface area contributed by atoms with Gasteiger partial charge in [-0.15, -0.1) is 0 Å². The zero-order chi connectivity index (χ0) is 19.1. The summed E-state index contributed by atoms with van der Waals surface area (Å²) >= 11 is 6.41. The van der Waals surface area contributed by atoms with E-state index in [9.17, 15) is 4.39 Å². The highest BCUT2D eigenvalue weighted by molar-refractivity contribution is 6.31. The monoisotopic (exact) mass is 386 g/mol. The fraction of sp³-hybridized carbons (Fsp3) is 0.190. The maximum absolute atomic E-state index is 13.0. The molecular formula is C21H20ClFN2O2. The van der Waals surface area contributed by atoms with Crippen LogP contribution in [0.5, 0.6) is 11.5 Å². The minimum absolute atomic E-state index is 0.275. The van der Waals surface area contributed by atoms with E-state index in [1.165, 1.54) is 12.1 Å².